The molecule has 0 amide bonds. The Balaban J connectivity index is 1.76. The van der Waals surface area contributed by atoms with E-state index in [9.17, 15) is 5.26 Å². The number of hydrogen-bond acceptors (Lipinski definition) is 2. The Bertz CT molecular complexity index is 805. The van der Waals surface area contributed by atoms with E-state index in [0.29, 0.717) is 5.92 Å². The summed E-state index contributed by atoms with van der Waals surface area (Å²) in [4.78, 5) is 2.51. The van der Waals surface area contributed by atoms with Crippen LogP contribution in [0.4, 0.5) is 0 Å². The van der Waals surface area contributed by atoms with Crippen LogP contribution in [-0.2, 0) is 6.54 Å². The summed E-state index contributed by atoms with van der Waals surface area (Å²) in [5.74, 6) is 2.14. The molecule has 0 saturated carbocycles. The molecule has 2 heteroatoms. The molecule has 0 radical (unpaired) electrons. The van der Waals surface area contributed by atoms with Gasteiger partial charge in [-0.3, -0.25) is 4.90 Å². The molecule has 2 aromatic rings. The van der Waals surface area contributed by atoms with E-state index in [1.165, 1.54) is 24.0 Å². The molecule has 27 heavy (non-hydrogen) atoms. The van der Waals surface area contributed by atoms with Crippen molar-refractivity contribution in [2.75, 3.05) is 13.1 Å². The number of rotatable bonds is 5. The zero-order valence-electron chi connectivity index (χ0n) is 17.2. The third kappa shape index (κ3) is 4.79. The summed E-state index contributed by atoms with van der Waals surface area (Å²) in [6.07, 6.45) is 2.55. The Hall–Kier alpha value is -2.11. The Morgan fingerprint density at radius 3 is 2.33 bits per heavy atom. The second-order valence-electron chi connectivity index (χ2n) is 8.62. The Morgan fingerprint density at radius 2 is 1.70 bits per heavy atom. The largest absolute Gasteiger partial charge is 0.299 e. The van der Waals surface area contributed by atoms with E-state index < -0.39 is 0 Å². The van der Waals surface area contributed by atoms with Crippen molar-refractivity contribution in [1.82, 2.24) is 4.90 Å². The standard InChI is InChI=1S/C25H32N2/c1-18(2)20-10-12-27(13-11-20)17-24-9-8-23(15-25(24)16-26)22-7-5-6-21(14-22)19(3)4/h5-9,14-15,18-20H,10-13,17H2,1-4H3. The summed E-state index contributed by atoms with van der Waals surface area (Å²) in [5, 5.41) is 9.71. The first kappa shape index (κ1) is 19.6. The fourth-order valence-electron chi connectivity index (χ4n) is 4.09. The first-order chi connectivity index (χ1) is 13.0. The lowest BCUT2D eigenvalue weighted by Gasteiger charge is -2.34. The molecule has 0 unspecified atom stereocenters. The maximum atomic E-state index is 9.71. The van der Waals surface area contributed by atoms with Gasteiger partial charge in [-0.25, -0.2) is 0 Å². The predicted molar refractivity (Wildman–Crippen MR) is 114 cm³/mol. The smallest absolute Gasteiger partial charge is 0.0995 e. The minimum Gasteiger partial charge on any atom is -0.299 e. The van der Waals surface area contributed by atoms with E-state index in [2.05, 4.69) is 81.1 Å². The molecular formula is C25H32N2. The van der Waals surface area contributed by atoms with Crippen LogP contribution in [0.15, 0.2) is 42.5 Å². The average Bonchev–Trinajstić information content (AvgIpc) is 2.68. The van der Waals surface area contributed by atoms with Crippen LogP contribution < -0.4 is 0 Å². The van der Waals surface area contributed by atoms with Crippen molar-refractivity contribution in [2.24, 2.45) is 11.8 Å². The van der Waals surface area contributed by atoms with Gasteiger partial charge in [-0.2, -0.15) is 5.26 Å². The lowest BCUT2D eigenvalue weighted by Crippen LogP contribution is -2.34. The molecule has 1 heterocycles. The van der Waals surface area contributed by atoms with Gasteiger partial charge in [0.15, 0.2) is 0 Å². The average molecular weight is 361 g/mol. The van der Waals surface area contributed by atoms with Gasteiger partial charge in [-0.15, -0.1) is 0 Å². The highest BCUT2D eigenvalue weighted by Gasteiger charge is 2.22. The van der Waals surface area contributed by atoms with E-state index in [0.717, 1.165) is 48.2 Å². The van der Waals surface area contributed by atoms with Gasteiger partial charge in [0, 0.05) is 6.54 Å². The fraction of sp³-hybridized carbons (Fsp3) is 0.480. The predicted octanol–water partition coefficient (Wildman–Crippen LogP) is 6.22. The summed E-state index contributed by atoms with van der Waals surface area (Å²) < 4.78 is 0. The Kier molecular flexibility index (Phi) is 6.34. The lowest BCUT2D eigenvalue weighted by molar-refractivity contribution is 0.152. The van der Waals surface area contributed by atoms with Crippen molar-refractivity contribution in [3.8, 4) is 17.2 Å². The van der Waals surface area contributed by atoms with Crippen LogP contribution in [0.1, 0.15) is 63.1 Å². The minimum absolute atomic E-state index is 0.508. The van der Waals surface area contributed by atoms with Gasteiger partial charge in [-0.1, -0.05) is 64.1 Å². The van der Waals surface area contributed by atoms with Gasteiger partial charge >= 0.3 is 0 Å². The van der Waals surface area contributed by atoms with E-state index in [1.807, 2.05) is 0 Å². The van der Waals surface area contributed by atoms with Crippen molar-refractivity contribution in [3.05, 3.63) is 59.2 Å². The van der Waals surface area contributed by atoms with Gasteiger partial charge in [0.1, 0.15) is 0 Å². The number of likely N-dealkylation sites (tertiary alicyclic amines) is 1. The first-order valence-corrected chi connectivity index (χ1v) is 10.3. The van der Waals surface area contributed by atoms with Crippen molar-refractivity contribution in [1.29, 1.82) is 5.26 Å². The Labute approximate surface area is 164 Å². The highest BCUT2D eigenvalue weighted by atomic mass is 15.1. The van der Waals surface area contributed by atoms with Crippen LogP contribution in [0.25, 0.3) is 11.1 Å². The lowest BCUT2D eigenvalue weighted by atomic mass is 9.86. The maximum absolute atomic E-state index is 9.71. The molecule has 0 N–H and O–H groups in total. The van der Waals surface area contributed by atoms with E-state index in [1.54, 1.807) is 0 Å². The number of nitriles is 1. The third-order valence-corrected chi connectivity index (χ3v) is 6.09. The van der Waals surface area contributed by atoms with E-state index >= 15 is 0 Å². The molecule has 1 saturated heterocycles. The highest BCUT2D eigenvalue weighted by molar-refractivity contribution is 5.67. The molecule has 0 spiro atoms. The molecule has 0 aromatic heterocycles. The van der Waals surface area contributed by atoms with Gasteiger partial charge in [0.25, 0.3) is 0 Å². The van der Waals surface area contributed by atoms with Crippen LogP contribution >= 0.6 is 0 Å². The number of piperidine rings is 1. The molecule has 2 aromatic carbocycles. The van der Waals surface area contributed by atoms with Crippen molar-refractivity contribution >= 4 is 0 Å². The van der Waals surface area contributed by atoms with Crippen molar-refractivity contribution in [2.45, 2.75) is 53.0 Å². The van der Waals surface area contributed by atoms with Crippen LogP contribution in [0.2, 0.25) is 0 Å². The van der Waals surface area contributed by atoms with Gasteiger partial charge in [0.2, 0.25) is 0 Å². The molecule has 3 rings (SSSR count). The number of nitrogens with zero attached hydrogens (tertiary/aromatic N) is 2. The topological polar surface area (TPSA) is 27.0 Å². The molecule has 0 aliphatic carbocycles. The van der Waals surface area contributed by atoms with Crippen molar-refractivity contribution in [3.63, 3.8) is 0 Å². The SMILES string of the molecule is CC(C)c1cccc(-c2ccc(CN3CCC(C(C)C)CC3)c(C#N)c2)c1. The monoisotopic (exact) mass is 360 g/mol. The van der Waals surface area contributed by atoms with Gasteiger partial charge in [-0.05, 0) is 72.0 Å². The van der Waals surface area contributed by atoms with Gasteiger partial charge in [0.05, 0.1) is 11.6 Å². The van der Waals surface area contributed by atoms with Crippen LogP contribution in [0, 0.1) is 23.2 Å². The van der Waals surface area contributed by atoms with E-state index in [-0.39, 0.29) is 0 Å². The molecule has 0 atom stereocenters. The summed E-state index contributed by atoms with van der Waals surface area (Å²) in [5.41, 5.74) is 5.64. The second-order valence-corrected chi connectivity index (χ2v) is 8.62. The zero-order chi connectivity index (χ0) is 19.4. The third-order valence-electron chi connectivity index (χ3n) is 6.09. The first-order valence-electron chi connectivity index (χ1n) is 10.3. The molecule has 1 aliphatic rings. The highest BCUT2D eigenvalue weighted by Crippen LogP contribution is 2.28. The second kappa shape index (κ2) is 8.72. The molecule has 1 aliphatic heterocycles. The zero-order valence-corrected chi connectivity index (χ0v) is 17.2. The number of hydrogen-bond donors (Lipinski definition) is 0. The van der Waals surface area contributed by atoms with Gasteiger partial charge < -0.3 is 0 Å². The molecule has 142 valence electrons. The Morgan fingerprint density at radius 1 is 1.00 bits per heavy atom. The van der Waals surface area contributed by atoms with Crippen molar-refractivity contribution < 1.29 is 0 Å². The summed E-state index contributed by atoms with van der Waals surface area (Å²) >= 11 is 0. The summed E-state index contributed by atoms with van der Waals surface area (Å²) in [6, 6.07) is 17.5. The van der Waals surface area contributed by atoms with Crippen LogP contribution in [-0.4, -0.2) is 18.0 Å². The fourth-order valence-corrected chi connectivity index (χ4v) is 4.09. The normalized spacial score (nSPS) is 16.0. The maximum Gasteiger partial charge on any atom is 0.0995 e. The molecular weight excluding hydrogens is 328 g/mol. The number of benzene rings is 2. The summed E-state index contributed by atoms with van der Waals surface area (Å²) in [7, 11) is 0. The molecule has 0 bridgehead atoms. The summed E-state index contributed by atoms with van der Waals surface area (Å²) in [6.45, 7) is 12.3. The minimum atomic E-state index is 0.508. The van der Waals surface area contributed by atoms with Crippen LogP contribution in [0.5, 0.6) is 0 Å². The molecule has 1 fully saturated rings. The van der Waals surface area contributed by atoms with Crippen LogP contribution in [0.3, 0.4) is 0 Å². The van der Waals surface area contributed by atoms with E-state index in [4.69, 9.17) is 0 Å². The quantitative estimate of drug-likeness (QED) is 0.633. The molecule has 2 nitrogen and oxygen atoms in total.